The highest BCUT2D eigenvalue weighted by atomic mass is 35.5. The molecule has 104 valence electrons. The maximum absolute atomic E-state index is 6.39. The molecule has 0 amide bonds. The minimum atomic E-state index is -0.0827. The lowest BCUT2D eigenvalue weighted by molar-refractivity contribution is 0.405. The van der Waals surface area contributed by atoms with E-state index in [1.807, 2.05) is 25.3 Å². The van der Waals surface area contributed by atoms with Crippen molar-refractivity contribution in [1.82, 2.24) is 0 Å². The molecule has 4 N–H and O–H groups in total. The summed E-state index contributed by atoms with van der Waals surface area (Å²) in [5.41, 5.74) is 12.1. The quantitative estimate of drug-likeness (QED) is 0.378. The molecule has 0 unspecified atom stereocenters. The third kappa shape index (κ3) is 3.78. The lowest BCUT2D eigenvalue weighted by atomic mass is 10.1. The van der Waals surface area contributed by atoms with E-state index in [0.717, 1.165) is 21.9 Å². The first-order valence-corrected chi connectivity index (χ1v) is 7.21. The molecule has 0 atom stereocenters. The third-order valence-electron chi connectivity index (χ3n) is 2.42. The highest BCUT2D eigenvalue weighted by Crippen LogP contribution is 2.37. The van der Waals surface area contributed by atoms with Crippen LogP contribution in [0.3, 0.4) is 0 Å². The predicted molar refractivity (Wildman–Crippen MR) is 82.4 cm³/mol. The van der Waals surface area contributed by atoms with Crippen LogP contribution in [0, 0.1) is 0 Å². The maximum atomic E-state index is 6.39. The normalized spacial score (nSPS) is 11.3. The van der Waals surface area contributed by atoms with Crippen molar-refractivity contribution >= 4 is 35.0 Å². The zero-order valence-electron chi connectivity index (χ0n) is 11.1. The Balaban J connectivity index is 3.34. The average molecular weight is 301 g/mol. The summed E-state index contributed by atoms with van der Waals surface area (Å²) in [5.74, 6) is 0.652. The second kappa shape index (κ2) is 7.25. The molecule has 0 spiro atoms. The molecule has 1 aromatic carbocycles. The number of hydrogen-bond donors (Lipinski definition) is 2. The molecule has 0 heterocycles. The molecule has 0 saturated heterocycles. The summed E-state index contributed by atoms with van der Waals surface area (Å²) >= 11 is 7.90. The van der Waals surface area contributed by atoms with E-state index in [9.17, 15) is 0 Å². The first-order valence-electron chi connectivity index (χ1n) is 5.61. The largest absolute Gasteiger partial charge is 0.496 e. The number of nitrogens with zero attached hydrogens (tertiary/aromatic N) is 2. The number of thioether (sulfide) groups is 1. The molecular weight excluding hydrogens is 284 g/mol. The highest BCUT2D eigenvalue weighted by Gasteiger charge is 2.14. The Kier molecular flexibility index (Phi) is 5.98. The van der Waals surface area contributed by atoms with Gasteiger partial charge < -0.3 is 16.2 Å². The van der Waals surface area contributed by atoms with Gasteiger partial charge in [-0.1, -0.05) is 18.5 Å². The first kappa shape index (κ1) is 15.7. The topological polar surface area (TPSA) is 86.0 Å². The lowest BCUT2D eigenvalue weighted by Crippen LogP contribution is -2.22. The van der Waals surface area contributed by atoms with Gasteiger partial charge in [0.25, 0.3) is 0 Å². The van der Waals surface area contributed by atoms with Crippen molar-refractivity contribution in [2.45, 2.75) is 18.2 Å². The van der Waals surface area contributed by atoms with Crippen LogP contribution >= 0.6 is 23.4 Å². The van der Waals surface area contributed by atoms with Gasteiger partial charge in [0.15, 0.2) is 0 Å². The molecule has 7 heteroatoms. The number of methoxy groups -OCH3 is 1. The highest BCUT2D eigenvalue weighted by molar-refractivity contribution is 7.98. The van der Waals surface area contributed by atoms with Crippen LogP contribution < -0.4 is 16.2 Å². The van der Waals surface area contributed by atoms with Gasteiger partial charge in [0.2, 0.25) is 5.96 Å². The van der Waals surface area contributed by atoms with Crippen molar-refractivity contribution in [3.63, 3.8) is 0 Å². The number of benzene rings is 1. The van der Waals surface area contributed by atoms with Gasteiger partial charge >= 0.3 is 0 Å². The van der Waals surface area contributed by atoms with Crippen molar-refractivity contribution in [2.75, 3.05) is 13.4 Å². The molecule has 0 saturated carbocycles. The van der Waals surface area contributed by atoms with Crippen molar-refractivity contribution < 1.29 is 4.74 Å². The van der Waals surface area contributed by atoms with E-state index in [4.69, 9.17) is 27.8 Å². The molecule has 0 aliphatic carbocycles. The van der Waals surface area contributed by atoms with E-state index in [1.54, 1.807) is 7.11 Å². The van der Waals surface area contributed by atoms with Crippen molar-refractivity contribution in [3.05, 3.63) is 22.7 Å². The monoisotopic (exact) mass is 300 g/mol. The van der Waals surface area contributed by atoms with E-state index in [0.29, 0.717) is 11.4 Å². The third-order valence-corrected chi connectivity index (χ3v) is 3.74. The van der Waals surface area contributed by atoms with Gasteiger partial charge in [0.1, 0.15) is 5.75 Å². The van der Waals surface area contributed by atoms with E-state index in [1.165, 1.54) is 11.8 Å². The molecule has 5 nitrogen and oxygen atoms in total. The summed E-state index contributed by atoms with van der Waals surface area (Å²) in [6.07, 6.45) is 2.60. The minimum absolute atomic E-state index is 0.0827. The first-order chi connectivity index (χ1) is 9.04. The molecule has 1 rings (SSSR count). The lowest BCUT2D eigenvalue weighted by Gasteiger charge is -2.12. The number of guanidine groups is 1. The second-order valence-corrected chi connectivity index (χ2v) is 4.78. The Labute approximate surface area is 122 Å². The molecule has 0 bridgehead atoms. The van der Waals surface area contributed by atoms with Crippen LogP contribution in [0.25, 0.3) is 0 Å². The number of nitrogens with two attached hydrogens (primary N) is 2. The van der Waals surface area contributed by atoms with E-state index >= 15 is 0 Å². The Hall–Kier alpha value is -1.40. The predicted octanol–water partition coefficient (Wildman–Crippen LogP) is 2.46. The number of ether oxygens (including phenoxy) is 1. The summed E-state index contributed by atoms with van der Waals surface area (Å²) in [6, 6.07) is 3.71. The van der Waals surface area contributed by atoms with Crippen LogP contribution in [-0.2, 0) is 0 Å². The molecule has 0 aromatic heterocycles. The fraction of sp³-hybridized carbons (Fsp3) is 0.333. The second-order valence-electron chi connectivity index (χ2n) is 3.59. The van der Waals surface area contributed by atoms with Crippen LogP contribution in [0.4, 0.5) is 0 Å². The summed E-state index contributed by atoms with van der Waals surface area (Å²) in [5, 5.41) is 8.29. The minimum Gasteiger partial charge on any atom is -0.496 e. The molecule has 0 aliphatic rings. The molecule has 0 fully saturated rings. The number of rotatable bonds is 5. The summed E-state index contributed by atoms with van der Waals surface area (Å²) < 4.78 is 5.27. The van der Waals surface area contributed by atoms with E-state index in [2.05, 4.69) is 10.2 Å². The van der Waals surface area contributed by atoms with Crippen LogP contribution in [0.2, 0.25) is 5.02 Å². The van der Waals surface area contributed by atoms with Gasteiger partial charge in [0, 0.05) is 5.56 Å². The van der Waals surface area contributed by atoms with Crippen molar-refractivity contribution in [1.29, 1.82) is 0 Å². The molecule has 0 aliphatic heterocycles. The molecular formula is C12H17ClN4OS. The van der Waals surface area contributed by atoms with Crippen LogP contribution in [0.1, 0.15) is 18.9 Å². The van der Waals surface area contributed by atoms with Gasteiger partial charge in [-0.2, -0.15) is 5.10 Å². The fourth-order valence-corrected chi connectivity index (χ4v) is 2.68. The zero-order valence-corrected chi connectivity index (χ0v) is 12.7. The van der Waals surface area contributed by atoms with Crippen molar-refractivity contribution in [2.24, 2.45) is 21.7 Å². The average Bonchev–Trinajstić information content (AvgIpc) is 2.40. The van der Waals surface area contributed by atoms with Gasteiger partial charge in [-0.15, -0.1) is 16.9 Å². The summed E-state index contributed by atoms with van der Waals surface area (Å²) in [7, 11) is 1.61. The summed E-state index contributed by atoms with van der Waals surface area (Å²) in [6.45, 7) is 1.96. The van der Waals surface area contributed by atoms with E-state index in [-0.39, 0.29) is 5.96 Å². The van der Waals surface area contributed by atoms with Gasteiger partial charge in [-0.25, -0.2) is 0 Å². The van der Waals surface area contributed by atoms with Crippen molar-refractivity contribution in [3.8, 4) is 5.75 Å². The zero-order chi connectivity index (χ0) is 14.4. The SMILES string of the molecule is CC/C(=N\N=C(N)N)c1ccc(OC)c(SC)c1Cl. The summed E-state index contributed by atoms with van der Waals surface area (Å²) in [4.78, 5) is 0.868. The Morgan fingerprint density at radius 3 is 2.53 bits per heavy atom. The molecule has 1 aromatic rings. The standard InChI is InChI=1S/C12H17ClN4OS/c1-4-8(16-17-12(14)15)7-5-6-9(18-2)11(19-3)10(7)13/h5-6H,4H2,1-3H3,(H4,14,15,17)/b16-8+. The maximum Gasteiger partial charge on any atom is 0.211 e. The Morgan fingerprint density at radius 2 is 2.05 bits per heavy atom. The smallest absolute Gasteiger partial charge is 0.211 e. The van der Waals surface area contributed by atoms with E-state index < -0.39 is 0 Å². The van der Waals surface area contributed by atoms with Crippen LogP contribution in [0.15, 0.2) is 27.2 Å². The Bertz CT molecular complexity index is 513. The number of hydrogen-bond acceptors (Lipinski definition) is 4. The number of halogens is 1. The van der Waals surface area contributed by atoms with Crippen LogP contribution in [-0.4, -0.2) is 25.0 Å². The molecule has 19 heavy (non-hydrogen) atoms. The van der Waals surface area contributed by atoms with Crippen LogP contribution in [0.5, 0.6) is 5.75 Å². The molecule has 0 radical (unpaired) electrons. The van der Waals surface area contributed by atoms with Gasteiger partial charge in [-0.05, 0) is 24.8 Å². The fourth-order valence-electron chi connectivity index (χ4n) is 1.55. The van der Waals surface area contributed by atoms with Gasteiger partial charge in [-0.3, -0.25) is 0 Å². The Morgan fingerprint density at radius 1 is 1.37 bits per heavy atom. The van der Waals surface area contributed by atoms with Gasteiger partial charge in [0.05, 0.1) is 22.7 Å².